The van der Waals surface area contributed by atoms with Gasteiger partial charge in [0, 0.05) is 38.2 Å². The minimum absolute atomic E-state index is 0.991. The van der Waals surface area contributed by atoms with Crippen molar-refractivity contribution in [1.82, 2.24) is 9.55 Å². The van der Waals surface area contributed by atoms with Crippen molar-refractivity contribution < 1.29 is 0 Å². The minimum Gasteiger partial charge on any atom is -0.309 e. The summed E-state index contributed by atoms with van der Waals surface area (Å²) in [4.78, 5) is 5.46. The molecule has 0 amide bonds. The maximum atomic E-state index is 5.46. The first-order valence-electron chi connectivity index (χ1n) is 19.6. The second kappa shape index (κ2) is 12.5. The SMILES string of the molecule is c1ccc(-n2c3ccccc3c3c4c(ccc32)c(-c2cccc(-c3c5ccccc5c(-c5cccc6ccccc56)c5ccccc35)c2)nc2ccccc24)cc1. The highest BCUT2D eigenvalue weighted by Gasteiger charge is 2.21. The van der Waals surface area contributed by atoms with Crippen molar-refractivity contribution in [3.8, 4) is 39.2 Å². The van der Waals surface area contributed by atoms with Crippen LogP contribution in [0.15, 0.2) is 206 Å². The molecule has 0 fully saturated rings. The standard InChI is InChI=1S/C55H34N2/c1-2-20-38(21-3-1)57-49-31-13-11-28-46(49)54-50(57)33-32-47-53(54)45-27-10-12-30-48(45)56-55(47)37-19-14-18-36(34-37)51-41-23-6-8-25-43(41)52(44-26-9-7-24-42(44)51)40-29-15-17-35-16-4-5-22-39(35)40/h1-34H. The van der Waals surface area contributed by atoms with Crippen molar-refractivity contribution in [3.63, 3.8) is 0 Å². The van der Waals surface area contributed by atoms with Gasteiger partial charge in [-0.15, -0.1) is 0 Å². The molecule has 0 N–H and O–H groups in total. The summed E-state index contributed by atoms with van der Waals surface area (Å²) >= 11 is 0. The molecule has 57 heavy (non-hydrogen) atoms. The largest absolute Gasteiger partial charge is 0.309 e. The third-order valence-corrected chi connectivity index (χ3v) is 11.9. The van der Waals surface area contributed by atoms with Gasteiger partial charge in [-0.25, -0.2) is 4.98 Å². The molecule has 0 aliphatic heterocycles. The summed E-state index contributed by atoms with van der Waals surface area (Å²) in [6.45, 7) is 0. The number of aromatic nitrogens is 2. The zero-order chi connectivity index (χ0) is 37.5. The van der Waals surface area contributed by atoms with Crippen molar-refractivity contribution in [2.24, 2.45) is 0 Å². The molecule has 0 saturated carbocycles. The van der Waals surface area contributed by atoms with Crippen LogP contribution in [0.2, 0.25) is 0 Å². The molecule has 0 atom stereocenters. The topological polar surface area (TPSA) is 17.8 Å². The lowest BCUT2D eigenvalue weighted by Crippen LogP contribution is -1.94. The van der Waals surface area contributed by atoms with E-state index in [4.69, 9.17) is 4.98 Å². The van der Waals surface area contributed by atoms with Gasteiger partial charge in [-0.05, 0) is 91.0 Å². The van der Waals surface area contributed by atoms with Crippen LogP contribution in [-0.4, -0.2) is 9.55 Å². The summed E-state index contributed by atoms with van der Waals surface area (Å²) in [5, 5.41) is 13.5. The van der Waals surface area contributed by atoms with Crippen LogP contribution >= 0.6 is 0 Å². The lowest BCUT2D eigenvalue weighted by atomic mass is 9.84. The van der Waals surface area contributed by atoms with Gasteiger partial charge in [0.2, 0.25) is 0 Å². The molecule has 2 heterocycles. The second-order valence-corrected chi connectivity index (χ2v) is 15.0. The highest BCUT2D eigenvalue weighted by molar-refractivity contribution is 6.30. The zero-order valence-corrected chi connectivity index (χ0v) is 31.0. The molecule has 10 aromatic carbocycles. The molecule has 264 valence electrons. The van der Waals surface area contributed by atoms with Crippen LogP contribution in [-0.2, 0) is 0 Å². The summed E-state index contributed by atoms with van der Waals surface area (Å²) in [5.41, 5.74) is 11.6. The Morgan fingerprint density at radius 1 is 0.333 bits per heavy atom. The van der Waals surface area contributed by atoms with E-state index in [1.54, 1.807) is 0 Å². The van der Waals surface area contributed by atoms with E-state index < -0.39 is 0 Å². The van der Waals surface area contributed by atoms with Crippen molar-refractivity contribution in [1.29, 1.82) is 0 Å². The molecule has 0 spiro atoms. The maximum Gasteiger partial charge on any atom is 0.0788 e. The van der Waals surface area contributed by atoms with E-state index in [1.807, 2.05) is 0 Å². The molecular weight excluding hydrogens is 689 g/mol. The normalized spacial score (nSPS) is 11.9. The smallest absolute Gasteiger partial charge is 0.0788 e. The van der Waals surface area contributed by atoms with E-state index in [0.717, 1.165) is 33.2 Å². The minimum atomic E-state index is 0.991. The highest BCUT2D eigenvalue weighted by Crippen LogP contribution is 2.47. The summed E-state index contributed by atoms with van der Waals surface area (Å²) < 4.78 is 2.40. The number of pyridine rings is 1. The quantitative estimate of drug-likeness (QED) is 0.131. The van der Waals surface area contributed by atoms with Gasteiger partial charge in [0.1, 0.15) is 0 Å². The summed E-state index contributed by atoms with van der Waals surface area (Å²) in [5.74, 6) is 0. The van der Waals surface area contributed by atoms with E-state index in [1.165, 1.54) is 81.8 Å². The number of rotatable bonds is 4. The Morgan fingerprint density at radius 3 is 1.68 bits per heavy atom. The number of para-hydroxylation sites is 3. The first-order chi connectivity index (χ1) is 28.3. The Labute approximate surface area is 329 Å². The Bertz CT molecular complexity index is 3510. The predicted molar refractivity (Wildman–Crippen MR) is 242 cm³/mol. The van der Waals surface area contributed by atoms with E-state index in [-0.39, 0.29) is 0 Å². The fourth-order valence-electron chi connectivity index (χ4n) is 9.57. The molecule has 12 aromatic rings. The molecule has 0 aliphatic rings. The molecule has 2 heteroatoms. The van der Waals surface area contributed by atoms with Crippen LogP contribution in [0.3, 0.4) is 0 Å². The molecule has 0 aliphatic carbocycles. The van der Waals surface area contributed by atoms with Crippen LogP contribution in [0.25, 0.3) is 115 Å². The van der Waals surface area contributed by atoms with Crippen LogP contribution < -0.4 is 0 Å². The Morgan fingerprint density at radius 2 is 0.912 bits per heavy atom. The van der Waals surface area contributed by atoms with Crippen molar-refractivity contribution in [3.05, 3.63) is 206 Å². The number of fused-ring (bicyclic) bond motifs is 10. The van der Waals surface area contributed by atoms with Gasteiger partial charge in [-0.1, -0.05) is 170 Å². The van der Waals surface area contributed by atoms with E-state index in [9.17, 15) is 0 Å². The van der Waals surface area contributed by atoms with Gasteiger partial charge in [-0.2, -0.15) is 0 Å². The Hall–Kier alpha value is -7.55. The molecular formula is C55H34N2. The molecule has 0 bridgehead atoms. The second-order valence-electron chi connectivity index (χ2n) is 15.0. The van der Waals surface area contributed by atoms with E-state index >= 15 is 0 Å². The van der Waals surface area contributed by atoms with E-state index in [2.05, 4.69) is 211 Å². The van der Waals surface area contributed by atoms with Crippen molar-refractivity contribution >= 4 is 75.8 Å². The predicted octanol–water partition coefficient (Wildman–Crippen LogP) is 14.9. The van der Waals surface area contributed by atoms with Crippen molar-refractivity contribution in [2.75, 3.05) is 0 Å². The number of benzene rings is 10. The third-order valence-electron chi connectivity index (χ3n) is 11.9. The molecule has 12 rings (SSSR count). The summed E-state index contributed by atoms with van der Waals surface area (Å²) in [6, 6.07) is 75.0. The van der Waals surface area contributed by atoms with Crippen LogP contribution in [0, 0.1) is 0 Å². The number of hydrogen-bond acceptors (Lipinski definition) is 1. The van der Waals surface area contributed by atoms with Gasteiger partial charge in [0.05, 0.1) is 22.2 Å². The van der Waals surface area contributed by atoms with Gasteiger partial charge >= 0.3 is 0 Å². The fraction of sp³-hybridized carbons (Fsp3) is 0. The fourth-order valence-corrected chi connectivity index (χ4v) is 9.57. The zero-order valence-electron chi connectivity index (χ0n) is 31.0. The van der Waals surface area contributed by atoms with Crippen LogP contribution in [0.1, 0.15) is 0 Å². The monoisotopic (exact) mass is 722 g/mol. The lowest BCUT2D eigenvalue weighted by molar-refractivity contribution is 1.18. The molecule has 2 aromatic heterocycles. The highest BCUT2D eigenvalue weighted by atomic mass is 15.0. The number of nitrogens with zero attached hydrogens (tertiary/aromatic N) is 2. The first kappa shape index (κ1) is 31.8. The van der Waals surface area contributed by atoms with Gasteiger partial charge in [0.15, 0.2) is 0 Å². The molecule has 0 radical (unpaired) electrons. The van der Waals surface area contributed by atoms with Crippen molar-refractivity contribution in [2.45, 2.75) is 0 Å². The van der Waals surface area contributed by atoms with Crippen LogP contribution in [0.5, 0.6) is 0 Å². The molecule has 0 unspecified atom stereocenters. The lowest BCUT2D eigenvalue weighted by Gasteiger charge is -2.19. The van der Waals surface area contributed by atoms with E-state index in [0.29, 0.717) is 0 Å². The van der Waals surface area contributed by atoms with Crippen LogP contribution in [0.4, 0.5) is 0 Å². The first-order valence-corrected chi connectivity index (χ1v) is 19.6. The Kier molecular flexibility index (Phi) is 6.96. The average molecular weight is 723 g/mol. The average Bonchev–Trinajstić information content (AvgIpc) is 3.62. The maximum absolute atomic E-state index is 5.46. The van der Waals surface area contributed by atoms with Gasteiger partial charge < -0.3 is 4.57 Å². The third kappa shape index (κ3) is 4.74. The van der Waals surface area contributed by atoms with Gasteiger partial charge in [-0.3, -0.25) is 0 Å². The molecule has 2 nitrogen and oxygen atoms in total. The van der Waals surface area contributed by atoms with Gasteiger partial charge in [0.25, 0.3) is 0 Å². The molecule has 0 saturated heterocycles. The number of hydrogen-bond donors (Lipinski definition) is 0. The Balaban J connectivity index is 1.14. The summed E-state index contributed by atoms with van der Waals surface area (Å²) in [7, 11) is 0. The summed E-state index contributed by atoms with van der Waals surface area (Å²) in [6.07, 6.45) is 0.